The Hall–Kier alpha value is -2.97. The van der Waals surface area contributed by atoms with Gasteiger partial charge in [0.1, 0.15) is 23.1 Å². The summed E-state index contributed by atoms with van der Waals surface area (Å²) in [6.07, 6.45) is 1.46. The number of ether oxygens (including phenoxy) is 2. The van der Waals surface area contributed by atoms with Gasteiger partial charge < -0.3 is 14.8 Å². The number of methoxy groups -OCH3 is 2. The molecule has 1 N–H and O–H groups in total. The van der Waals surface area contributed by atoms with Gasteiger partial charge in [0.25, 0.3) is 5.91 Å². The van der Waals surface area contributed by atoms with Crippen molar-refractivity contribution in [3.8, 4) is 17.6 Å². The topological polar surface area (TPSA) is 71.3 Å². The monoisotopic (exact) mass is 356 g/mol. The third kappa shape index (κ3) is 4.52. The first kappa shape index (κ1) is 18.4. The van der Waals surface area contributed by atoms with Crippen LogP contribution in [0.25, 0.3) is 6.08 Å². The summed E-state index contributed by atoms with van der Waals surface area (Å²) in [5, 5.41) is 12.7. The average Bonchev–Trinajstić information content (AvgIpc) is 2.61. The number of anilines is 1. The lowest BCUT2D eigenvalue weighted by Crippen LogP contribution is -2.14. The molecule has 6 heteroatoms. The molecule has 2 rings (SSSR count). The number of nitrogens with one attached hydrogen (secondary N) is 1. The highest BCUT2D eigenvalue weighted by atomic mass is 35.5. The van der Waals surface area contributed by atoms with E-state index >= 15 is 0 Å². The molecule has 1 amide bonds. The lowest BCUT2D eigenvalue weighted by Gasteiger charge is -2.10. The minimum absolute atomic E-state index is 0.0547. The van der Waals surface area contributed by atoms with Crippen molar-refractivity contribution in [2.24, 2.45) is 0 Å². The zero-order chi connectivity index (χ0) is 18.4. The van der Waals surface area contributed by atoms with Crippen LogP contribution in [0, 0.1) is 18.3 Å². The SMILES string of the molecule is COc1ccc(OC)c(/C=C(\C#N)C(=O)Nc2ccc(Cl)cc2C)c1. The van der Waals surface area contributed by atoms with Crippen molar-refractivity contribution in [2.75, 3.05) is 19.5 Å². The zero-order valence-corrected chi connectivity index (χ0v) is 14.8. The molecular formula is C19H17ClN2O3. The largest absolute Gasteiger partial charge is 0.497 e. The first-order valence-electron chi connectivity index (χ1n) is 7.39. The molecule has 0 heterocycles. The van der Waals surface area contributed by atoms with E-state index in [0.29, 0.717) is 27.8 Å². The molecule has 0 saturated heterocycles. The Balaban J connectivity index is 2.34. The number of nitriles is 1. The second kappa shape index (κ2) is 8.22. The van der Waals surface area contributed by atoms with Gasteiger partial charge in [-0.3, -0.25) is 4.79 Å². The van der Waals surface area contributed by atoms with E-state index in [2.05, 4.69) is 5.32 Å². The number of carbonyl (C=O) groups excluding carboxylic acids is 1. The van der Waals surface area contributed by atoms with Crippen LogP contribution in [0.2, 0.25) is 5.02 Å². The molecule has 0 spiro atoms. The third-order valence-electron chi connectivity index (χ3n) is 3.54. The van der Waals surface area contributed by atoms with E-state index < -0.39 is 5.91 Å². The molecule has 2 aromatic rings. The quantitative estimate of drug-likeness (QED) is 0.643. The van der Waals surface area contributed by atoms with Gasteiger partial charge in [-0.25, -0.2) is 0 Å². The Morgan fingerprint density at radius 2 is 1.96 bits per heavy atom. The fourth-order valence-electron chi connectivity index (χ4n) is 2.21. The van der Waals surface area contributed by atoms with Crippen molar-refractivity contribution in [3.05, 3.63) is 58.1 Å². The van der Waals surface area contributed by atoms with E-state index in [0.717, 1.165) is 5.56 Å². The summed E-state index contributed by atoms with van der Waals surface area (Å²) in [5.41, 5.74) is 1.91. The number of hydrogen-bond acceptors (Lipinski definition) is 4. The summed E-state index contributed by atoms with van der Waals surface area (Å²) in [7, 11) is 3.05. The normalized spacial score (nSPS) is 10.8. The van der Waals surface area contributed by atoms with Crippen molar-refractivity contribution in [1.29, 1.82) is 5.26 Å². The number of halogens is 1. The number of nitrogens with zero attached hydrogens (tertiary/aromatic N) is 1. The van der Waals surface area contributed by atoms with Crippen LogP contribution in [-0.4, -0.2) is 20.1 Å². The molecule has 0 aliphatic heterocycles. The first-order chi connectivity index (χ1) is 12.0. The summed E-state index contributed by atoms with van der Waals surface area (Å²) in [4.78, 5) is 12.4. The molecule has 25 heavy (non-hydrogen) atoms. The van der Waals surface area contributed by atoms with Crippen LogP contribution in [0.3, 0.4) is 0 Å². The van der Waals surface area contributed by atoms with E-state index in [1.807, 2.05) is 13.0 Å². The Labute approximate surface area is 151 Å². The molecule has 128 valence electrons. The van der Waals surface area contributed by atoms with E-state index in [9.17, 15) is 10.1 Å². The molecule has 0 aliphatic carbocycles. The second-order valence-corrected chi connectivity index (χ2v) is 5.63. The molecule has 0 saturated carbocycles. The average molecular weight is 357 g/mol. The lowest BCUT2D eigenvalue weighted by molar-refractivity contribution is -0.112. The van der Waals surface area contributed by atoms with Crippen molar-refractivity contribution in [3.63, 3.8) is 0 Å². The first-order valence-corrected chi connectivity index (χ1v) is 7.77. The van der Waals surface area contributed by atoms with Gasteiger partial charge >= 0.3 is 0 Å². The van der Waals surface area contributed by atoms with Crippen LogP contribution in [0.5, 0.6) is 11.5 Å². The van der Waals surface area contributed by atoms with Gasteiger partial charge in [0, 0.05) is 16.3 Å². The van der Waals surface area contributed by atoms with Gasteiger partial charge in [0.15, 0.2) is 0 Å². The number of rotatable bonds is 5. The molecule has 5 nitrogen and oxygen atoms in total. The predicted octanol–water partition coefficient (Wildman–Crippen LogP) is 4.21. The maximum Gasteiger partial charge on any atom is 0.266 e. The summed E-state index contributed by atoms with van der Waals surface area (Å²) in [6, 6.07) is 12.1. The van der Waals surface area contributed by atoms with Gasteiger partial charge in [-0.1, -0.05) is 11.6 Å². The smallest absolute Gasteiger partial charge is 0.266 e. The Morgan fingerprint density at radius 3 is 2.56 bits per heavy atom. The van der Waals surface area contributed by atoms with Crippen LogP contribution in [-0.2, 0) is 4.79 Å². The highest BCUT2D eigenvalue weighted by Crippen LogP contribution is 2.26. The fourth-order valence-corrected chi connectivity index (χ4v) is 2.44. The van der Waals surface area contributed by atoms with E-state index in [-0.39, 0.29) is 5.57 Å². The van der Waals surface area contributed by atoms with Gasteiger partial charge in [-0.15, -0.1) is 0 Å². The maximum atomic E-state index is 12.4. The summed E-state index contributed by atoms with van der Waals surface area (Å²) in [6.45, 7) is 1.82. The molecule has 0 atom stereocenters. The van der Waals surface area contributed by atoms with Crippen molar-refractivity contribution < 1.29 is 14.3 Å². The molecule has 0 aromatic heterocycles. The lowest BCUT2D eigenvalue weighted by atomic mass is 10.1. The zero-order valence-electron chi connectivity index (χ0n) is 14.1. The van der Waals surface area contributed by atoms with Crippen molar-refractivity contribution >= 4 is 29.3 Å². The van der Waals surface area contributed by atoms with E-state index in [1.165, 1.54) is 20.3 Å². The van der Waals surface area contributed by atoms with E-state index in [4.69, 9.17) is 21.1 Å². The standard InChI is InChI=1S/C19H17ClN2O3/c1-12-8-15(20)4-6-17(12)22-19(23)14(11-21)9-13-10-16(24-2)5-7-18(13)25-3/h4-10H,1-3H3,(H,22,23)/b14-9+. The highest BCUT2D eigenvalue weighted by molar-refractivity contribution is 6.30. The minimum atomic E-state index is -0.516. The summed E-state index contributed by atoms with van der Waals surface area (Å²) < 4.78 is 10.4. The van der Waals surface area contributed by atoms with Gasteiger partial charge in [-0.2, -0.15) is 5.26 Å². The van der Waals surface area contributed by atoms with Gasteiger partial charge in [0.05, 0.1) is 14.2 Å². The van der Waals surface area contributed by atoms with E-state index in [1.54, 1.807) is 36.4 Å². The molecule has 0 aliphatic rings. The molecular weight excluding hydrogens is 340 g/mol. The van der Waals surface area contributed by atoms with Crippen LogP contribution in [0.4, 0.5) is 5.69 Å². The van der Waals surface area contributed by atoms with Gasteiger partial charge in [0.2, 0.25) is 0 Å². The number of aryl methyl sites for hydroxylation is 1. The minimum Gasteiger partial charge on any atom is -0.497 e. The number of benzene rings is 2. The highest BCUT2D eigenvalue weighted by Gasteiger charge is 2.13. The molecule has 0 bridgehead atoms. The number of hydrogen-bond donors (Lipinski definition) is 1. The van der Waals surface area contributed by atoms with Crippen molar-refractivity contribution in [1.82, 2.24) is 0 Å². The van der Waals surface area contributed by atoms with Crippen LogP contribution in [0.1, 0.15) is 11.1 Å². The fraction of sp³-hybridized carbons (Fsp3) is 0.158. The van der Waals surface area contributed by atoms with Crippen molar-refractivity contribution in [2.45, 2.75) is 6.92 Å². The molecule has 2 aromatic carbocycles. The molecule has 0 unspecified atom stereocenters. The Kier molecular flexibility index (Phi) is 6.04. The van der Waals surface area contributed by atoms with Crippen LogP contribution in [0.15, 0.2) is 42.0 Å². The summed E-state index contributed by atoms with van der Waals surface area (Å²) in [5.74, 6) is 0.611. The summed E-state index contributed by atoms with van der Waals surface area (Å²) >= 11 is 5.91. The predicted molar refractivity (Wildman–Crippen MR) is 98.0 cm³/mol. The Morgan fingerprint density at radius 1 is 1.20 bits per heavy atom. The Bertz CT molecular complexity index is 869. The number of carbonyl (C=O) groups is 1. The van der Waals surface area contributed by atoms with Crippen LogP contribution < -0.4 is 14.8 Å². The molecule has 0 fully saturated rings. The van der Waals surface area contributed by atoms with Gasteiger partial charge in [-0.05, 0) is 55.0 Å². The number of amides is 1. The molecule has 0 radical (unpaired) electrons. The maximum absolute atomic E-state index is 12.4. The second-order valence-electron chi connectivity index (χ2n) is 5.19. The third-order valence-corrected chi connectivity index (χ3v) is 3.77. The van der Waals surface area contributed by atoms with Crippen LogP contribution >= 0.6 is 11.6 Å².